The summed E-state index contributed by atoms with van der Waals surface area (Å²) >= 11 is 1.91. The third-order valence-electron chi connectivity index (χ3n) is 4.73. The highest BCUT2D eigenvalue weighted by molar-refractivity contribution is 7.99. The van der Waals surface area contributed by atoms with Gasteiger partial charge in [0.1, 0.15) is 0 Å². The smallest absolute Gasteiger partial charge is 0.223 e. The second-order valence-electron chi connectivity index (χ2n) is 6.76. The fourth-order valence-electron chi connectivity index (χ4n) is 3.05. The van der Waals surface area contributed by atoms with E-state index < -0.39 is 0 Å². The van der Waals surface area contributed by atoms with E-state index >= 15 is 0 Å². The lowest BCUT2D eigenvalue weighted by atomic mass is 10.0. The van der Waals surface area contributed by atoms with Crippen molar-refractivity contribution >= 4 is 23.6 Å². The van der Waals surface area contributed by atoms with Gasteiger partial charge in [-0.1, -0.05) is 29.8 Å². The van der Waals surface area contributed by atoms with Crippen molar-refractivity contribution in [1.29, 1.82) is 0 Å². The Morgan fingerprint density at radius 1 is 1.25 bits per heavy atom. The first kappa shape index (κ1) is 17.3. The molecule has 0 spiro atoms. The summed E-state index contributed by atoms with van der Waals surface area (Å²) in [5, 5.41) is 2.94. The first-order valence-electron chi connectivity index (χ1n) is 8.86. The summed E-state index contributed by atoms with van der Waals surface area (Å²) in [6.07, 6.45) is 3.28. The Morgan fingerprint density at radius 3 is 2.71 bits per heavy atom. The summed E-state index contributed by atoms with van der Waals surface area (Å²) in [6, 6.07) is 8.69. The van der Waals surface area contributed by atoms with Crippen LogP contribution in [-0.2, 0) is 9.59 Å². The Balaban J connectivity index is 1.51. The van der Waals surface area contributed by atoms with Crippen molar-refractivity contribution in [2.24, 2.45) is 5.92 Å². The molecule has 2 aliphatic rings. The van der Waals surface area contributed by atoms with Gasteiger partial charge in [0.2, 0.25) is 11.8 Å². The molecule has 5 heteroatoms. The summed E-state index contributed by atoms with van der Waals surface area (Å²) < 4.78 is 0. The lowest BCUT2D eigenvalue weighted by Gasteiger charge is -2.36. The molecule has 130 valence electrons. The van der Waals surface area contributed by atoms with Crippen LogP contribution in [0.15, 0.2) is 24.3 Å². The number of thioether (sulfide) groups is 1. The second-order valence-corrected chi connectivity index (χ2v) is 7.91. The van der Waals surface area contributed by atoms with Gasteiger partial charge in [-0.15, -0.1) is 0 Å². The van der Waals surface area contributed by atoms with Crippen LogP contribution in [0.4, 0.5) is 0 Å². The van der Waals surface area contributed by atoms with Gasteiger partial charge in [0.05, 0.1) is 6.04 Å². The molecular formula is C19H26N2O2S. The number of nitrogens with one attached hydrogen (secondary N) is 1. The van der Waals surface area contributed by atoms with Gasteiger partial charge in [0.25, 0.3) is 0 Å². The number of nitrogens with zero attached hydrogens (tertiary/aromatic N) is 1. The lowest BCUT2D eigenvalue weighted by molar-refractivity contribution is -0.133. The fraction of sp³-hybridized carbons (Fsp3) is 0.579. The normalized spacial score (nSPS) is 20.7. The van der Waals surface area contributed by atoms with Crippen LogP contribution in [-0.4, -0.2) is 41.3 Å². The number of hydrogen-bond acceptors (Lipinski definition) is 3. The van der Waals surface area contributed by atoms with Crippen molar-refractivity contribution in [2.45, 2.75) is 38.6 Å². The van der Waals surface area contributed by atoms with Crippen molar-refractivity contribution < 1.29 is 9.59 Å². The highest BCUT2D eigenvalue weighted by atomic mass is 32.2. The Hall–Kier alpha value is -1.49. The molecule has 3 rings (SSSR count). The average molecular weight is 346 g/mol. The van der Waals surface area contributed by atoms with E-state index in [2.05, 4.69) is 36.5 Å². The topological polar surface area (TPSA) is 49.4 Å². The molecule has 0 unspecified atom stereocenters. The SMILES string of the molecule is Cc1ccc([C@H]2CSCCN2C(=O)CCCNC(=O)C2CC2)cc1. The Kier molecular flexibility index (Phi) is 5.82. The quantitative estimate of drug-likeness (QED) is 0.806. The molecule has 1 heterocycles. The first-order chi connectivity index (χ1) is 11.6. The highest BCUT2D eigenvalue weighted by Gasteiger charge is 2.30. The van der Waals surface area contributed by atoms with E-state index in [4.69, 9.17) is 0 Å². The van der Waals surface area contributed by atoms with Gasteiger partial charge in [-0.2, -0.15) is 11.8 Å². The first-order valence-corrected chi connectivity index (χ1v) is 10.0. The van der Waals surface area contributed by atoms with Crippen LogP contribution >= 0.6 is 11.8 Å². The maximum atomic E-state index is 12.6. The molecule has 1 aromatic carbocycles. The maximum Gasteiger partial charge on any atom is 0.223 e. The third kappa shape index (κ3) is 4.53. The predicted molar refractivity (Wildman–Crippen MR) is 97.9 cm³/mol. The van der Waals surface area contributed by atoms with Crippen LogP contribution in [0.2, 0.25) is 0 Å². The minimum atomic E-state index is 0.161. The van der Waals surface area contributed by atoms with Gasteiger partial charge in [0, 0.05) is 36.9 Å². The van der Waals surface area contributed by atoms with E-state index in [9.17, 15) is 9.59 Å². The number of aryl methyl sites for hydroxylation is 1. The third-order valence-corrected chi connectivity index (χ3v) is 5.75. The Labute approximate surface area is 148 Å². The number of amides is 2. The molecule has 1 saturated carbocycles. The summed E-state index contributed by atoms with van der Waals surface area (Å²) in [5.41, 5.74) is 2.47. The summed E-state index contributed by atoms with van der Waals surface area (Å²) in [7, 11) is 0. The van der Waals surface area contributed by atoms with E-state index in [1.54, 1.807) is 0 Å². The van der Waals surface area contributed by atoms with Crippen LogP contribution in [0, 0.1) is 12.8 Å². The van der Waals surface area contributed by atoms with Crippen molar-refractivity contribution in [1.82, 2.24) is 10.2 Å². The van der Waals surface area contributed by atoms with Crippen LogP contribution in [0.25, 0.3) is 0 Å². The number of carbonyl (C=O) groups excluding carboxylic acids is 2. The molecule has 4 nitrogen and oxygen atoms in total. The summed E-state index contributed by atoms with van der Waals surface area (Å²) in [5.74, 6) is 2.58. The molecule has 0 radical (unpaired) electrons. The molecular weight excluding hydrogens is 320 g/mol. The lowest BCUT2D eigenvalue weighted by Crippen LogP contribution is -2.41. The van der Waals surface area contributed by atoms with Gasteiger partial charge in [-0.3, -0.25) is 9.59 Å². The molecule has 1 aliphatic carbocycles. The summed E-state index contributed by atoms with van der Waals surface area (Å²) in [6.45, 7) is 3.51. The van der Waals surface area contributed by atoms with Crippen molar-refractivity contribution in [2.75, 3.05) is 24.6 Å². The second kappa shape index (κ2) is 8.06. The maximum absolute atomic E-state index is 12.6. The van der Waals surface area contributed by atoms with Gasteiger partial charge < -0.3 is 10.2 Å². The van der Waals surface area contributed by atoms with E-state index in [0.717, 1.165) is 37.3 Å². The van der Waals surface area contributed by atoms with Gasteiger partial charge in [-0.25, -0.2) is 0 Å². The van der Waals surface area contributed by atoms with E-state index in [0.29, 0.717) is 13.0 Å². The van der Waals surface area contributed by atoms with Crippen molar-refractivity contribution in [3.05, 3.63) is 35.4 Å². The molecule has 1 N–H and O–H groups in total. The average Bonchev–Trinajstić information content (AvgIpc) is 3.44. The molecule has 1 aliphatic heterocycles. The molecule has 1 atom stereocenters. The molecule has 2 fully saturated rings. The van der Waals surface area contributed by atoms with E-state index in [1.165, 1.54) is 11.1 Å². The Morgan fingerprint density at radius 2 is 2.00 bits per heavy atom. The zero-order chi connectivity index (χ0) is 16.9. The van der Waals surface area contributed by atoms with Crippen LogP contribution in [0.5, 0.6) is 0 Å². The number of benzene rings is 1. The number of hydrogen-bond donors (Lipinski definition) is 1. The number of rotatable bonds is 6. The van der Waals surface area contributed by atoms with Crippen molar-refractivity contribution in [3.8, 4) is 0 Å². The van der Waals surface area contributed by atoms with Gasteiger partial charge >= 0.3 is 0 Å². The molecule has 24 heavy (non-hydrogen) atoms. The standard InChI is InChI=1S/C19H26N2O2S/c1-14-4-6-15(7-5-14)17-13-24-12-11-21(17)18(22)3-2-10-20-19(23)16-8-9-16/h4-7,16-17H,2-3,8-13H2,1H3,(H,20,23)/t17-/m1/s1. The minimum absolute atomic E-state index is 0.161. The zero-order valence-electron chi connectivity index (χ0n) is 14.3. The van der Waals surface area contributed by atoms with E-state index in [1.807, 2.05) is 16.7 Å². The fourth-order valence-corrected chi connectivity index (χ4v) is 4.14. The van der Waals surface area contributed by atoms with E-state index in [-0.39, 0.29) is 23.8 Å². The van der Waals surface area contributed by atoms with Gasteiger partial charge in [-0.05, 0) is 31.7 Å². The monoisotopic (exact) mass is 346 g/mol. The minimum Gasteiger partial charge on any atom is -0.356 e. The van der Waals surface area contributed by atoms with Crippen LogP contribution < -0.4 is 5.32 Å². The van der Waals surface area contributed by atoms with Gasteiger partial charge in [0.15, 0.2) is 0 Å². The zero-order valence-corrected chi connectivity index (χ0v) is 15.1. The predicted octanol–water partition coefficient (Wildman–Crippen LogP) is 2.92. The molecule has 1 saturated heterocycles. The largest absolute Gasteiger partial charge is 0.356 e. The number of carbonyl (C=O) groups is 2. The van der Waals surface area contributed by atoms with Crippen LogP contribution in [0.3, 0.4) is 0 Å². The molecule has 0 aromatic heterocycles. The molecule has 0 bridgehead atoms. The highest BCUT2D eigenvalue weighted by Crippen LogP contribution is 2.30. The molecule has 1 aromatic rings. The van der Waals surface area contributed by atoms with Crippen LogP contribution in [0.1, 0.15) is 42.9 Å². The molecule has 2 amide bonds. The van der Waals surface area contributed by atoms with Crippen molar-refractivity contribution in [3.63, 3.8) is 0 Å². The summed E-state index contributed by atoms with van der Waals surface area (Å²) in [4.78, 5) is 26.3. The Bertz CT molecular complexity index is 584.